The molecule has 1 aliphatic heterocycles. The van der Waals surface area contributed by atoms with Gasteiger partial charge in [0.15, 0.2) is 0 Å². The highest BCUT2D eigenvalue weighted by atomic mass is 16.5. The summed E-state index contributed by atoms with van der Waals surface area (Å²) in [6.45, 7) is 2.20. The molecule has 1 aromatic rings. The third-order valence-corrected chi connectivity index (χ3v) is 4.83. The van der Waals surface area contributed by atoms with Crippen LogP contribution in [0.4, 0.5) is 0 Å². The maximum Gasteiger partial charge on any atom is 0.328 e. The minimum absolute atomic E-state index is 0.0353. The van der Waals surface area contributed by atoms with Crippen molar-refractivity contribution in [2.75, 3.05) is 7.11 Å². The molecule has 0 radical (unpaired) electrons. The van der Waals surface area contributed by atoms with Crippen molar-refractivity contribution in [1.29, 1.82) is 0 Å². The highest BCUT2D eigenvalue weighted by Gasteiger charge is 2.41. The highest BCUT2D eigenvalue weighted by molar-refractivity contribution is 5.88. The molecule has 0 spiro atoms. The number of hydrogen-bond donors (Lipinski definition) is 0. The van der Waals surface area contributed by atoms with Crippen LogP contribution in [-0.2, 0) is 14.3 Å². The number of ether oxygens (including phenoxy) is 1. The summed E-state index contributed by atoms with van der Waals surface area (Å²) in [5, 5.41) is 0. The molecule has 2 atom stereocenters. The van der Waals surface area contributed by atoms with Crippen LogP contribution < -0.4 is 0 Å². The number of benzene rings is 1. The van der Waals surface area contributed by atoms with E-state index in [9.17, 15) is 9.59 Å². The van der Waals surface area contributed by atoms with Gasteiger partial charge in [-0.15, -0.1) is 0 Å². The average molecular weight is 331 g/mol. The maximum atomic E-state index is 12.5. The standard InChI is InChI=1S/C20H29NO3/c1-3-4-5-6-10-13-17(16-11-8-7-9-12-16)21-18(20(23)24-2)14-15-19(21)22/h7-9,11-12,17-18H,3-6,10,13-15H2,1-2H3. The molecule has 2 rings (SSSR count). The topological polar surface area (TPSA) is 46.6 Å². The SMILES string of the molecule is CCCCCCCC(c1ccccc1)N1C(=O)CCC1C(=O)OC. The molecule has 132 valence electrons. The Morgan fingerprint density at radius 1 is 1.21 bits per heavy atom. The predicted octanol–water partition coefficient (Wildman–Crippen LogP) is 4.25. The van der Waals surface area contributed by atoms with Crippen LogP contribution in [0.15, 0.2) is 30.3 Å². The molecule has 0 aliphatic carbocycles. The second kappa shape index (κ2) is 9.45. The third kappa shape index (κ3) is 4.59. The molecule has 1 saturated heterocycles. The van der Waals surface area contributed by atoms with Crippen LogP contribution in [0, 0.1) is 0 Å². The number of hydrogen-bond acceptors (Lipinski definition) is 3. The molecule has 2 unspecified atom stereocenters. The molecule has 1 amide bonds. The Balaban J connectivity index is 2.14. The van der Waals surface area contributed by atoms with Gasteiger partial charge >= 0.3 is 5.97 Å². The first-order chi connectivity index (χ1) is 11.7. The van der Waals surface area contributed by atoms with Crippen LogP contribution in [-0.4, -0.2) is 29.9 Å². The average Bonchev–Trinajstić information content (AvgIpc) is 2.99. The van der Waals surface area contributed by atoms with Gasteiger partial charge in [0.05, 0.1) is 13.2 Å². The van der Waals surface area contributed by atoms with Crippen LogP contribution in [0.5, 0.6) is 0 Å². The fourth-order valence-corrected chi connectivity index (χ4v) is 3.54. The van der Waals surface area contributed by atoms with Gasteiger partial charge in [0.25, 0.3) is 0 Å². The van der Waals surface area contributed by atoms with Crippen molar-refractivity contribution in [3.63, 3.8) is 0 Å². The van der Waals surface area contributed by atoms with E-state index in [2.05, 4.69) is 19.1 Å². The van der Waals surface area contributed by atoms with E-state index in [1.165, 1.54) is 32.8 Å². The third-order valence-electron chi connectivity index (χ3n) is 4.83. The largest absolute Gasteiger partial charge is 0.467 e. The van der Waals surface area contributed by atoms with E-state index in [4.69, 9.17) is 4.74 Å². The Bertz CT molecular complexity index is 529. The van der Waals surface area contributed by atoms with Crippen molar-refractivity contribution in [3.8, 4) is 0 Å². The van der Waals surface area contributed by atoms with Crippen LogP contribution >= 0.6 is 0 Å². The lowest BCUT2D eigenvalue weighted by atomic mass is 9.97. The summed E-state index contributed by atoms with van der Waals surface area (Å²) in [5.41, 5.74) is 1.11. The van der Waals surface area contributed by atoms with Crippen LogP contribution in [0.3, 0.4) is 0 Å². The van der Waals surface area contributed by atoms with Crippen molar-refractivity contribution in [2.24, 2.45) is 0 Å². The Hall–Kier alpha value is -1.84. The molecule has 0 bridgehead atoms. The van der Waals surface area contributed by atoms with E-state index < -0.39 is 6.04 Å². The lowest BCUT2D eigenvalue weighted by Gasteiger charge is -2.32. The smallest absolute Gasteiger partial charge is 0.328 e. The molecule has 1 aromatic carbocycles. The van der Waals surface area contributed by atoms with Gasteiger partial charge in [0.1, 0.15) is 6.04 Å². The number of unbranched alkanes of at least 4 members (excludes halogenated alkanes) is 4. The minimum Gasteiger partial charge on any atom is -0.467 e. The number of rotatable bonds is 9. The van der Waals surface area contributed by atoms with Gasteiger partial charge in [-0.25, -0.2) is 4.79 Å². The van der Waals surface area contributed by atoms with E-state index in [0.29, 0.717) is 12.8 Å². The van der Waals surface area contributed by atoms with Gasteiger partial charge in [0, 0.05) is 6.42 Å². The van der Waals surface area contributed by atoms with Crippen LogP contribution in [0.25, 0.3) is 0 Å². The molecular weight excluding hydrogens is 302 g/mol. The fourth-order valence-electron chi connectivity index (χ4n) is 3.54. The van der Waals surface area contributed by atoms with Gasteiger partial charge in [-0.1, -0.05) is 69.4 Å². The van der Waals surface area contributed by atoms with Crippen LogP contribution in [0.1, 0.15) is 69.9 Å². The molecule has 0 saturated carbocycles. The van der Waals surface area contributed by atoms with Gasteiger partial charge in [0.2, 0.25) is 5.91 Å². The fraction of sp³-hybridized carbons (Fsp3) is 0.600. The van der Waals surface area contributed by atoms with Crippen molar-refractivity contribution in [3.05, 3.63) is 35.9 Å². The van der Waals surface area contributed by atoms with Gasteiger partial charge in [-0.05, 0) is 18.4 Å². The number of carbonyl (C=O) groups excluding carboxylic acids is 2. The summed E-state index contributed by atoms with van der Waals surface area (Å²) in [6, 6.07) is 9.59. The Kier molecular flexibility index (Phi) is 7.29. The van der Waals surface area contributed by atoms with E-state index in [0.717, 1.165) is 18.4 Å². The van der Waals surface area contributed by atoms with Gasteiger partial charge < -0.3 is 9.64 Å². The molecule has 4 nitrogen and oxygen atoms in total. The second-order valence-corrected chi connectivity index (χ2v) is 6.51. The first-order valence-electron chi connectivity index (χ1n) is 9.13. The molecular formula is C20H29NO3. The molecule has 0 N–H and O–H groups in total. The van der Waals surface area contributed by atoms with E-state index in [1.54, 1.807) is 4.90 Å². The summed E-state index contributed by atoms with van der Waals surface area (Å²) in [4.78, 5) is 26.4. The second-order valence-electron chi connectivity index (χ2n) is 6.51. The molecule has 1 heterocycles. The Morgan fingerprint density at radius 3 is 2.58 bits per heavy atom. The van der Waals surface area contributed by atoms with E-state index in [-0.39, 0.29) is 17.9 Å². The molecule has 4 heteroatoms. The summed E-state index contributed by atoms with van der Waals surface area (Å²) in [7, 11) is 1.39. The first kappa shape index (κ1) is 18.5. The number of carbonyl (C=O) groups is 2. The van der Waals surface area contributed by atoms with E-state index in [1.807, 2.05) is 18.2 Å². The highest BCUT2D eigenvalue weighted by Crippen LogP contribution is 2.34. The molecule has 0 aromatic heterocycles. The zero-order valence-corrected chi connectivity index (χ0v) is 14.9. The summed E-state index contributed by atoms with van der Waals surface area (Å²) in [5.74, 6) is -0.236. The zero-order valence-electron chi connectivity index (χ0n) is 14.9. The number of methoxy groups -OCH3 is 1. The van der Waals surface area contributed by atoms with Gasteiger partial charge in [-0.3, -0.25) is 4.79 Å². The minimum atomic E-state index is -0.441. The molecule has 24 heavy (non-hydrogen) atoms. The quantitative estimate of drug-likeness (QED) is 0.502. The van der Waals surface area contributed by atoms with Crippen LogP contribution in [0.2, 0.25) is 0 Å². The number of amides is 1. The molecule has 1 fully saturated rings. The van der Waals surface area contributed by atoms with Gasteiger partial charge in [-0.2, -0.15) is 0 Å². The Morgan fingerprint density at radius 2 is 1.92 bits per heavy atom. The normalized spacial score (nSPS) is 18.7. The number of esters is 1. The number of nitrogens with zero attached hydrogens (tertiary/aromatic N) is 1. The van der Waals surface area contributed by atoms with Crippen molar-refractivity contribution in [2.45, 2.75) is 70.4 Å². The van der Waals surface area contributed by atoms with Crippen molar-refractivity contribution in [1.82, 2.24) is 4.90 Å². The summed E-state index contributed by atoms with van der Waals surface area (Å²) >= 11 is 0. The van der Waals surface area contributed by atoms with E-state index >= 15 is 0 Å². The monoisotopic (exact) mass is 331 g/mol. The lowest BCUT2D eigenvalue weighted by Crippen LogP contribution is -2.41. The predicted molar refractivity (Wildman–Crippen MR) is 94.4 cm³/mol. The van der Waals surface area contributed by atoms with Crippen molar-refractivity contribution < 1.29 is 14.3 Å². The van der Waals surface area contributed by atoms with Crippen molar-refractivity contribution >= 4 is 11.9 Å². The number of likely N-dealkylation sites (tertiary alicyclic amines) is 1. The Labute approximate surface area is 145 Å². The summed E-state index contributed by atoms with van der Waals surface area (Å²) < 4.78 is 4.92. The maximum absolute atomic E-state index is 12.5. The summed E-state index contributed by atoms with van der Waals surface area (Å²) in [6.07, 6.45) is 7.82. The lowest BCUT2D eigenvalue weighted by molar-refractivity contribution is -0.151. The first-order valence-corrected chi connectivity index (χ1v) is 9.13. The zero-order chi connectivity index (χ0) is 17.4. The molecule has 1 aliphatic rings.